The summed E-state index contributed by atoms with van der Waals surface area (Å²) in [6, 6.07) is 4.53. The first-order valence-electron chi connectivity index (χ1n) is 9.17. The van der Waals surface area contributed by atoms with E-state index in [1.165, 1.54) is 6.08 Å². The molecule has 3 rings (SSSR count). The van der Waals surface area contributed by atoms with Crippen molar-refractivity contribution in [3.05, 3.63) is 36.5 Å². The van der Waals surface area contributed by atoms with E-state index in [0.717, 1.165) is 31.5 Å². The standard InChI is InChI=1S/C20H27N3O3/c1-5-17(24)13-6-9-18(21-12-13)23-15-7-8-16(23)11-14(10-15)22-19(25)26-20(2,3)4/h5-6,9,12,14-16H,1,7-8,10-11H2,2-4H3,(H,22,25). The van der Waals surface area contributed by atoms with Crippen LogP contribution in [-0.4, -0.2) is 40.6 Å². The summed E-state index contributed by atoms with van der Waals surface area (Å²) in [7, 11) is 0. The van der Waals surface area contributed by atoms with E-state index in [1.54, 1.807) is 12.3 Å². The molecule has 2 bridgehead atoms. The molecule has 2 aliphatic heterocycles. The highest BCUT2D eigenvalue weighted by molar-refractivity contribution is 6.03. The molecule has 1 aromatic rings. The van der Waals surface area contributed by atoms with Crippen LogP contribution in [0.15, 0.2) is 31.0 Å². The number of ketones is 1. The lowest BCUT2D eigenvalue weighted by Gasteiger charge is -2.40. The number of pyridine rings is 1. The highest BCUT2D eigenvalue weighted by Crippen LogP contribution is 2.38. The summed E-state index contributed by atoms with van der Waals surface area (Å²) in [6.45, 7) is 9.10. The van der Waals surface area contributed by atoms with E-state index >= 15 is 0 Å². The first kappa shape index (κ1) is 18.4. The monoisotopic (exact) mass is 357 g/mol. The molecular formula is C20H27N3O3. The topological polar surface area (TPSA) is 71.5 Å². The van der Waals surface area contributed by atoms with Gasteiger partial charge in [-0.3, -0.25) is 4.79 Å². The van der Waals surface area contributed by atoms with E-state index in [1.807, 2.05) is 26.8 Å². The van der Waals surface area contributed by atoms with Crippen molar-refractivity contribution in [2.24, 2.45) is 0 Å². The number of alkyl carbamates (subject to hydrolysis) is 1. The Hall–Kier alpha value is -2.37. The minimum Gasteiger partial charge on any atom is -0.444 e. The van der Waals surface area contributed by atoms with Gasteiger partial charge >= 0.3 is 6.09 Å². The lowest BCUT2D eigenvalue weighted by Crippen LogP contribution is -2.51. The third kappa shape index (κ3) is 4.06. The molecule has 6 nitrogen and oxygen atoms in total. The van der Waals surface area contributed by atoms with Gasteiger partial charge in [0.15, 0.2) is 5.78 Å². The summed E-state index contributed by atoms with van der Waals surface area (Å²) in [5.74, 6) is 0.779. The summed E-state index contributed by atoms with van der Waals surface area (Å²) in [6.07, 6.45) is 6.51. The molecule has 2 fully saturated rings. The maximum absolute atomic E-state index is 12.0. The summed E-state index contributed by atoms with van der Waals surface area (Å²) >= 11 is 0. The van der Waals surface area contributed by atoms with E-state index in [-0.39, 0.29) is 17.9 Å². The summed E-state index contributed by atoms with van der Waals surface area (Å²) in [4.78, 5) is 30.5. The number of rotatable bonds is 4. The number of aromatic nitrogens is 1. The predicted octanol–water partition coefficient (Wildman–Crippen LogP) is 3.47. The van der Waals surface area contributed by atoms with Crippen molar-refractivity contribution in [2.45, 2.75) is 70.2 Å². The number of hydrogen-bond donors (Lipinski definition) is 1. The molecule has 2 saturated heterocycles. The van der Waals surface area contributed by atoms with Gasteiger partial charge < -0.3 is 15.0 Å². The van der Waals surface area contributed by atoms with Gasteiger partial charge in [0.05, 0.1) is 0 Å². The number of hydrogen-bond acceptors (Lipinski definition) is 5. The first-order chi connectivity index (χ1) is 12.3. The fourth-order valence-corrected chi connectivity index (χ4v) is 3.95. The number of anilines is 1. The van der Waals surface area contributed by atoms with Gasteiger partial charge in [0.2, 0.25) is 0 Å². The van der Waals surface area contributed by atoms with Crippen LogP contribution in [0.25, 0.3) is 0 Å². The van der Waals surface area contributed by atoms with Crippen molar-refractivity contribution in [1.82, 2.24) is 10.3 Å². The molecule has 0 saturated carbocycles. The van der Waals surface area contributed by atoms with Gasteiger partial charge in [-0.15, -0.1) is 0 Å². The molecule has 0 aliphatic carbocycles. The van der Waals surface area contributed by atoms with Crippen molar-refractivity contribution in [1.29, 1.82) is 0 Å². The van der Waals surface area contributed by atoms with Gasteiger partial charge in [-0.05, 0) is 64.7 Å². The van der Waals surface area contributed by atoms with Crippen molar-refractivity contribution < 1.29 is 14.3 Å². The normalized spacial score (nSPS) is 24.9. The van der Waals surface area contributed by atoms with Crippen LogP contribution in [0.2, 0.25) is 0 Å². The fraction of sp³-hybridized carbons (Fsp3) is 0.550. The SMILES string of the molecule is C=CC(=O)c1ccc(N2C3CCC2CC(NC(=O)OC(C)(C)C)C3)nc1. The van der Waals surface area contributed by atoms with Gasteiger partial charge in [0.1, 0.15) is 11.4 Å². The average molecular weight is 357 g/mol. The molecule has 3 heterocycles. The Kier molecular flexibility index (Phi) is 5.03. The van der Waals surface area contributed by atoms with Crippen LogP contribution in [0, 0.1) is 0 Å². The number of allylic oxidation sites excluding steroid dienone is 1. The largest absolute Gasteiger partial charge is 0.444 e. The zero-order valence-corrected chi connectivity index (χ0v) is 15.7. The number of fused-ring (bicyclic) bond motifs is 2. The van der Waals surface area contributed by atoms with Crippen molar-refractivity contribution in [3.8, 4) is 0 Å². The van der Waals surface area contributed by atoms with Crippen LogP contribution in [0.1, 0.15) is 56.8 Å². The smallest absolute Gasteiger partial charge is 0.407 e. The Bertz CT molecular complexity index is 679. The van der Waals surface area contributed by atoms with E-state index < -0.39 is 5.60 Å². The molecular weight excluding hydrogens is 330 g/mol. The van der Waals surface area contributed by atoms with E-state index in [9.17, 15) is 9.59 Å². The number of piperidine rings is 1. The quantitative estimate of drug-likeness (QED) is 0.660. The number of amides is 1. The van der Waals surface area contributed by atoms with Gasteiger partial charge in [0.25, 0.3) is 0 Å². The molecule has 2 atom stereocenters. The average Bonchev–Trinajstić information content (AvgIpc) is 2.83. The molecule has 1 N–H and O–H groups in total. The van der Waals surface area contributed by atoms with Crippen molar-refractivity contribution in [2.75, 3.05) is 4.90 Å². The zero-order chi connectivity index (χ0) is 18.9. The molecule has 1 aromatic heterocycles. The second-order valence-electron chi connectivity index (χ2n) is 8.08. The lowest BCUT2D eigenvalue weighted by atomic mass is 9.97. The highest BCUT2D eigenvalue weighted by Gasteiger charge is 2.42. The van der Waals surface area contributed by atoms with Crippen LogP contribution in [-0.2, 0) is 4.74 Å². The lowest BCUT2D eigenvalue weighted by molar-refractivity contribution is 0.0492. The maximum atomic E-state index is 12.0. The number of carbonyl (C=O) groups excluding carboxylic acids is 2. The Morgan fingerprint density at radius 2 is 1.92 bits per heavy atom. The Morgan fingerprint density at radius 3 is 2.42 bits per heavy atom. The third-order valence-corrected chi connectivity index (χ3v) is 4.94. The second-order valence-corrected chi connectivity index (χ2v) is 8.08. The van der Waals surface area contributed by atoms with Gasteiger partial charge in [-0.25, -0.2) is 9.78 Å². The summed E-state index contributed by atoms with van der Waals surface area (Å²) in [5.41, 5.74) is 0.0655. The minimum absolute atomic E-state index is 0.118. The number of carbonyl (C=O) groups is 2. The molecule has 2 aliphatic rings. The third-order valence-electron chi connectivity index (χ3n) is 4.94. The summed E-state index contributed by atoms with van der Waals surface area (Å²) < 4.78 is 5.37. The second kappa shape index (κ2) is 7.09. The molecule has 0 radical (unpaired) electrons. The van der Waals surface area contributed by atoms with Crippen LogP contribution in [0.3, 0.4) is 0 Å². The van der Waals surface area contributed by atoms with Gasteiger partial charge in [0, 0.05) is 29.9 Å². The van der Waals surface area contributed by atoms with E-state index in [4.69, 9.17) is 4.74 Å². The van der Waals surface area contributed by atoms with Crippen LogP contribution >= 0.6 is 0 Å². The zero-order valence-electron chi connectivity index (χ0n) is 15.7. The van der Waals surface area contributed by atoms with Crippen molar-refractivity contribution in [3.63, 3.8) is 0 Å². The maximum Gasteiger partial charge on any atom is 0.407 e. The minimum atomic E-state index is -0.488. The van der Waals surface area contributed by atoms with Crippen molar-refractivity contribution >= 4 is 17.7 Å². The number of nitrogens with zero attached hydrogens (tertiary/aromatic N) is 2. The van der Waals surface area contributed by atoms with Gasteiger partial charge in [-0.2, -0.15) is 0 Å². The molecule has 26 heavy (non-hydrogen) atoms. The van der Waals surface area contributed by atoms with E-state index in [0.29, 0.717) is 17.6 Å². The Morgan fingerprint density at radius 1 is 1.27 bits per heavy atom. The molecule has 2 unspecified atom stereocenters. The molecule has 1 amide bonds. The highest BCUT2D eigenvalue weighted by atomic mass is 16.6. The molecule has 0 spiro atoms. The number of ether oxygens (including phenoxy) is 1. The van der Waals surface area contributed by atoms with Crippen LogP contribution in [0.4, 0.5) is 10.6 Å². The summed E-state index contributed by atoms with van der Waals surface area (Å²) in [5, 5.41) is 3.02. The van der Waals surface area contributed by atoms with Crippen LogP contribution < -0.4 is 10.2 Å². The van der Waals surface area contributed by atoms with E-state index in [2.05, 4.69) is 21.8 Å². The van der Waals surface area contributed by atoms with Crippen LogP contribution in [0.5, 0.6) is 0 Å². The number of nitrogens with one attached hydrogen (secondary N) is 1. The Balaban J connectivity index is 1.64. The first-order valence-corrected chi connectivity index (χ1v) is 9.17. The fourth-order valence-electron chi connectivity index (χ4n) is 3.95. The molecule has 0 aromatic carbocycles. The Labute approximate surface area is 154 Å². The van der Waals surface area contributed by atoms with Gasteiger partial charge in [-0.1, -0.05) is 6.58 Å². The predicted molar refractivity (Wildman–Crippen MR) is 100 cm³/mol. The molecule has 6 heteroatoms. The molecule has 140 valence electrons.